The molecule has 0 unspecified atom stereocenters. The molecule has 6 heteroatoms. The van der Waals surface area contributed by atoms with E-state index in [4.69, 9.17) is 0 Å². The first-order valence-electron chi connectivity index (χ1n) is 7.52. The van der Waals surface area contributed by atoms with Crippen LogP contribution >= 0.6 is 0 Å². The van der Waals surface area contributed by atoms with Gasteiger partial charge < -0.3 is 15.6 Å². The van der Waals surface area contributed by atoms with Crippen LogP contribution in [0.1, 0.15) is 29.4 Å². The molecule has 3 rings (SSSR count). The fourth-order valence-electron chi connectivity index (χ4n) is 2.69. The van der Waals surface area contributed by atoms with Gasteiger partial charge in [-0.3, -0.25) is 4.79 Å². The molecule has 0 spiro atoms. The molecule has 1 atom stereocenters. The first kappa shape index (κ1) is 14.7. The van der Waals surface area contributed by atoms with Crippen LogP contribution in [0.5, 0.6) is 0 Å². The molecule has 2 aromatic rings. The second-order valence-corrected chi connectivity index (χ2v) is 5.42. The minimum atomic E-state index is -0.374. The lowest BCUT2D eigenvalue weighted by atomic mass is 10.0. The predicted octanol–water partition coefficient (Wildman–Crippen LogP) is 1.48. The van der Waals surface area contributed by atoms with Gasteiger partial charge in [-0.15, -0.1) is 0 Å². The summed E-state index contributed by atoms with van der Waals surface area (Å²) in [6.07, 6.45) is 4.12. The molecule has 0 fully saturated rings. The van der Waals surface area contributed by atoms with Crippen molar-refractivity contribution in [2.45, 2.75) is 25.3 Å². The number of aryl methyl sites for hydroxylation is 1. The Morgan fingerprint density at radius 2 is 2.18 bits per heavy atom. The Balaban J connectivity index is 1.46. The normalized spacial score (nSPS) is 17.0. The number of carbonyl (C=O) groups is 1. The fraction of sp³-hybridized carbons (Fsp3) is 0.375. The Labute approximate surface area is 128 Å². The van der Waals surface area contributed by atoms with Crippen molar-refractivity contribution in [1.29, 1.82) is 0 Å². The van der Waals surface area contributed by atoms with E-state index in [0.29, 0.717) is 6.54 Å². The zero-order valence-corrected chi connectivity index (χ0v) is 12.2. The second kappa shape index (κ2) is 6.70. The maximum atomic E-state index is 12.8. The maximum Gasteiger partial charge on any atom is 0.243 e. The van der Waals surface area contributed by atoms with Crippen molar-refractivity contribution in [3.8, 4) is 0 Å². The van der Waals surface area contributed by atoms with E-state index in [9.17, 15) is 9.18 Å². The lowest BCUT2D eigenvalue weighted by Crippen LogP contribution is -2.41. The SMILES string of the molecule is O=C(NCCCc1ccc(F)cc1)[C@H]1NCCc2[nH]cnc21. The lowest BCUT2D eigenvalue weighted by molar-refractivity contribution is -0.123. The smallest absolute Gasteiger partial charge is 0.243 e. The zero-order chi connectivity index (χ0) is 15.4. The minimum absolute atomic E-state index is 0.0489. The molecule has 1 aliphatic rings. The van der Waals surface area contributed by atoms with Crippen LogP contribution in [0.15, 0.2) is 30.6 Å². The average Bonchev–Trinajstić information content (AvgIpc) is 3.01. The number of carbonyl (C=O) groups excluding carboxylic acids is 1. The van der Waals surface area contributed by atoms with Crippen molar-refractivity contribution in [2.75, 3.05) is 13.1 Å². The molecule has 0 radical (unpaired) electrons. The molecule has 5 nitrogen and oxygen atoms in total. The Hall–Kier alpha value is -2.21. The third-order valence-corrected chi connectivity index (χ3v) is 3.87. The number of amides is 1. The summed E-state index contributed by atoms with van der Waals surface area (Å²) in [4.78, 5) is 19.5. The Kier molecular flexibility index (Phi) is 4.48. The molecule has 0 saturated carbocycles. The molecule has 3 N–H and O–H groups in total. The monoisotopic (exact) mass is 302 g/mol. The van der Waals surface area contributed by atoms with Crippen molar-refractivity contribution >= 4 is 5.91 Å². The highest BCUT2D eigenvalue weighted by atomic mass is 19.1. The molecule has 0 bridgehead atoms. The number of H-pyrrole nitrogens is 1. The minimum Gasteiger partial charge on any atom is -0.354 e. The summed E-state index contributed by atoms with van der Waals surface area (Å²) in [6.45, 7) is 1.36. The quantitative estimate of drug-likeness (QED) is 0.733. The van der Waals surface area contributed by atoms with Crippen LogP contribution in [0.2, 0.25) is 0 Å². The third-order valence-electron chi connectivity index (χ3n) is 3.87. The van der Waals surface area contributed by atoms with Gasteiger partial charge in [0.05, 0.1) is 12.0 Å². The average molecular weight is 302 g/mol. The summed E-state index contributed by atoms with van der Waals surface area (Å²) in [5.41, 5.74) is 2.90. The van der Waals surface area contributed by atoms with Gasteiger partial charge in [0.25, 0.3) is 0 Å². The number of rotatable bonds is 5. The van der Waals surface area contributed by atoms with Crippen LogP contribution in [0.25, 0.3) is 0 Å². The molecule has 2 heterocycles. The number of imidazole rings is 1. The van der Waals surface area contributed by atoms with Crippen molar-refractivity contribution in [1.82, 2.24) is 20.6 Å². The Morgan fingerprint density at radius 1 is 1.36 bits per heavy atom. The van der Waals surface area contributed by atoms with Gasteiger partial charge in [0.2, 0.25) is 5.91 Å². The number of nitrogens with zero attached hydrogens (tertiary/aromatic N) is 1. The maximum absolute atomic E-state index is 12.8. The molecular formula is C16H19FN4O. The number of aromatic amines is 1. The highest BCUT2D eigenvalue weighted by Gasteiger charge is 2.27. The molecule has 1 amide bonds. The van der Waals surface area contributed by atoms with Crippen LogP contribution in [0, 0.1) is 5.82 Å². The molecule has 22 heavy (non-hydrogen) atoms. The molecule has 1 aromatic heterocycles. The zero-order valence-electron chi connectivity index (χ0n) is 12.2. The summed E-state index contributed by atoms with van der Waals surface area (Å²) in [5.74, 6) is -0.276. The topological polar surface area (TPSA) is 69.8 Å². The van der Waals surface area contributed by atoms with Crippen LogP contribution in [-0.4, -0.2) is 29.0 Å². The molecule has 1 aromatic carbocycles. The van der Waals surface area contributed by atoms with E-state index >= 15 is 0 Å². The molecule has 116 valence electrons. The van der Waals surface area contributed by atoms with Crippen molar-refractivity contribution in [2.24, 2.45) is 0 Å². The van der Waals surface area contributed by atoms with Gasteiger partial charge >= 0.3 is 0 Å². The van der Waals surface area contributed by atoms with Gasteiger partial charge in [-0.2, -0.15) is 0 Å². The van der Waals surface area contributed by atoms with E-state index in [1.165, 1.54) is 12.1 Å². The van der Waals surface area contributed by atoms with Gasteiger partial charge in [0.1, 0.15) is 11.9 Å². The molecular weight excluding hydrogens is 283 g/mol. The number of halogens is 1. The summed E-state index contributed by atoms with van der Waals surface area (Å²) in [5, 5.41) is 6.13. The number of hydrogen-bond donors (Lipinski definition) is 3. The standard InChI is InChI=1S/C16H19FN4O/c17-12-5-3-11(4-6-12)2-1-8-19-16(22)15-14-13(7-9-18-15)20-10-21-14/h3-6,10,15,18H,1-2,7-9H2,(H,19,22)(H,20,21)/t15-/m0/s1. The van der Waals surface area contributed by atoms with Gasteiger partial charge in [-0.05, 0) is 30.5 Å². The molecule has 0 aliphatic carbocycles. The van der Waals surface area contributed by atoms with Crippen LogP contribution in [0.4, 0.5) is 4.39 Å². The van der Waals surface area contributed by atoms with Gasteiger partial charge in [0.15, 0.2) is 0 Å². The number of nitrogens with one attached hydrogen (secondary N) is 3. The summed E-state index contributed by atoms with van der Waals surface area (Å²) in [7, 11) is 0. The van der Waals surface area contributed by atoms with Gasteiger partial charge in [-0.1, -0.05) is 12.1 Å². The number of benzene rings is 1. The van der Waals surface area contributed by atoms with Gasteiger partial charge in [-0.25, -0.2) is 9.37 Å². The largest absolute Gasteiger partial charge is 0.354 e. The van der Waals surface area contributed by atoms with Crippen molar-refractivity contribution in [3.63, 3.8) is 0 Å². The first-order chi connectivity index (χ1) is 10.7. The third kappa shape index (κ3) is 3.33. The fourth-order valence-corrected chi connectivity index (χ4v) is 2.69. The van der Waals surface area contributed by atoms with E-state index in [0.717, 1.165) is 42.8 Å². The summed E-state index contributed by atoms with van der Waals surface area (Å²) in [6, 6.07) is 6.09. The van der Waals surface area contributed by atoms with Crippen LogP contribution in [-0.2, 0) is 17.6 Å². The first-order valence-corrected chi connectivity index (χ1v) is 7.52. The summed E-state index contributed by atoms with van der Waals surface area (Å²) >= 11 is 0. The van der Waals surface area contributed by atoms with Gasteiger partial charge in [0, 0.05) is 25.2 Å². The van der Waals surface area contributed by atoms with Crippen molar-refractivity contribution in [3.05, 3.63) is 53.4 Å². The van der Waals surface area contributed by atoms with E-state index in [-0.39, 0.29) is 17.8 Å². The number of fused-ring (bicyclic) bond motifs is 1. The van der Waals surface area contributed by atoms with E-state index in [2.05, 4.69) is 20.6 Å². The van der Waals surface area contributed by atoms with E-state index in [1.54, 1.807) is 18.5 Å². The second-order valence-electron chi connectivity index (χ2n) is 5.42. The number of hydrogen-bond acceptors (Lipinski definition) is 3. The predicted molar refractivity (Wildman–Crippen MR) is 80.8 cm³/mol. The Bertz CT molecular complexity index is 638. The van der Waals surface area contributed by atoms with E-state index < -0.39 is 0 Å². The highest BCUT2D eigenvalue weighted by molar-refractivity contribution is 5.83. The van der Waals surface area contributed by atoms with Crippen molar-refractivity contribution < 1.29 is 9.18 Å². The lowest BCUT2D eigenvalue weighted by Gasteiger charge is -2.22. The number of aromatic nitrogens is 2. The van der Waals surface area contributed by atoms with Crippen LogP contribution < -0.4 is 10.6 Å². The van der Waals surface area contributed by atoms with Crippen LogP contribution in [0.3, 0.4) is 0 Å². The van der Waals surface area contributed by atoms with E-state index in [1.807, 2.05) is 0 Å². The molecule has 1 aliphatic heterocycles. The highest BCUT2D eigenvalue weighted by Crippen LogP contribution is 2.19. The molecule has 0 saturated heterocycles. The Morgan fingerprint density at radius 3 is 3.00 bits per heavy atom. The summed E-state index contributed by atoms with van der Waals surface area (Å²) < 4.78 is 12.8.